The van der Waals surface area contributed by atoms with E-state index in [9.17, 15) is 0 Å². The Morgan fingerprint density at radius 1 is 0.885 bits per heavy atom. The van der Waals surface area contributed by atoms with Crippen molar-refractivity contribution >= 4 is 46.3 Å². The van der Waals surface area contributed by atoms with Gasteiger partial charge in [0.2, 0.25) is 5.95 Å². The lowest BCUT2D eigenvalue weighted by atomic mass is 10.2. The summed E-state index contributed by atoms with van der Waals surface area (Å²) in [4.78, 5) is 8.64. The summed E-state index contributed by atoms with van der Waals surface area (Å²) >= 11 is 12.0. The molecule has 0 bridgehead atoms. The predicted molar refractivity (Wildman–Crippen MR) is 105 cm³/mol. The molecule has 0 spiro atoms. The second-order valence-corrected chi connectivity index (χ2v) is 6.11. The number of methoxy groups -OCH3 is 2. The second-order valence-electron chi connectivity index (χ2n) is 5.24. The molecule has 0 saturated carbocycles. The van der Waals surface area contributed by atoms with Gasteiger partial charge < -0.3 is 20.1 Å². The number of benzene rings is 2. The van der Waals surface area contributed by atoms with Gasteiger partial charge in [0.05, 0.1) is 19.9 Å². The molecule has 8 heteroatoms. The van der Waals surface area contributed by atoms with Crippen molar-refractivity contribution in [2.45, 2.75) is 0 Å². The Hall–Kier alpha value is -2.70. The summed E-state index contributed by atoms with van der Waals surface area (Å²) in [6.45, 7) is 0. The zero-order valence-electron chi connectivity index (χ0n) is 14.1. The minimum absolute atomic E-state index is 0.404. The number of aromatic nitrogens is 2. The van der Waals surface area contributed by atoms with Gasteiger partial charge in [0.1, 0.15) is 17.3 Å². The normalized spacial score (nSPS) is 10.3. The summed E-state index contributed by atoms with van der Waals surface area (Å²) in [6.07, 6.45) is 1.64. The highest BCUT2D eigenvalue weighted by atomic mass is 35.5. The summed E-state index contributed by atoms with van der Waals surface area (Å²) in [7, 11) is 3.20. The van der Waals surface area contributed by atoms with Crippen LogP contribution in [0.25, 0.3) is 0 Å². The number of nitrogens with zero attached hydrogens (tertiary/aromatic N) is 2. The van der Waals surface area contributed by atoms with Crippen molar-refractivity contribution in [2.75, 3.05) is 24.9 Å². The fourth-order valence-corrected chi connectivity index (χ4v) is 2.81. The van der Waals surface area contributed by atoms with E-state index < -0.39 is 0 Å². The summed E-state index contributed by atoms with van der Waals surface area (Å²) in [5.41, 5.74) is 1.45. The van der Waals surface area contributed by atoms with Gasteiger partial charge in [-0.2, -0.15) is 4.98 Å². The highest BCUT2D eigenvalue weighted by Crippen LogP contribution is 2.31. The van der Waals surface area contributed by atoms with Gasteiger partial charge in [-0.05, 0) is 36.4 Å². The largest absolute Gasteiger partial charge is 0.497 e. The van der Waals surface area contributed by atoms with E-state index in [-0.39, 0.29) is 0 Å². The van der Waals surface area contributed by atoms with Crippen LogP contribution in [0.2, 0.25) is 10.0 Å². The summed E-state index contributed by atoms with van der Waals surface area (Å²) in [5.74, 6) is 2.34. The lowest BCUT2D eigenvalue weighted by Crippen LogP contribution is -2.01. The monoisotopic (exact) mass is 390 g/mol. The minimum atomic E-state index is 0.404. The van der Waals surface area contributed by atoms with Crippen molar-refractivity contribution in [2.24, 2.45) is 0 Å². The first-order valence-electron chi connectivity index (χ1n) is 7.62. The third kappa shape index (κ3) is 4.47. The molecule has 0 aliphatic rings. The van der Waals surface area contributed by atoms with Gasteiger partial charge in [-0.1, -0.05) is 23.2 Å². The van der Waals surface area contributed by atoms with Crippen molar-refractivity contribution in [1.82, 2.24) is 9.97 Å². The van der Waals surface area contributed by atoms with E-state index in [1.807, 2.05) is 12.1 Å². The summed E-state index contributed by atoms with van der Waals surface area (Å²) < 4.78 is 10.6. The minimum Gasteiger partial charge on any atom is -0.497 e. The van der Waals surface area contributed by atoms with Gasteiger partial charge >= 0.3 is 0 Å². The molecule has 2 aromatic carbocycles. The van der Waals surface area contributed by atoms with Crippen LogP contribution in [0.1, 0.15) is 0 Å². The first-order chi connectivity index (χ1) is 12.6. The van der Waals surface area contributed by atoms with Crippen LogP contribution in [0.15, 0.2) is 48.7 Å². The lowest BCUT2D eigenvalue weighted by molar-refractivity contribution is 0.395. The molecule has 0 fully saturated rings. The highest BCUT2D eigenvalue weighted by Gasteiger charge is 2.07. The first kappa shape index (κ1) is 18.1. The van der Waals surface area contributed by atoms with Crippen LogP contribution in [0, 0.1) is 0 Å². The summed E-state index contributed by atoms with van der Waals surface area (Å²) in [6, 6.07) is 12.4. The number of anilines is 4. The van der Waals surface area contributed by atoms with E-state index in [4.69, 9.17) is 32.7 Å². The molecule has 1 aromatic heterocycles. The van der Waals surface area contributed by atoms with Crippen LogP contribution in [-0.2, 0) is 0 Å². The van der Waals surface area contributed by atoms with Crippen LogP contribution in [0.3, 0.4) is 0 Å². The van der Waals surface area contributed by atoms with E-state index in [2.05, 4.69) is 20.6 Å². The van der Waals surface area contributed by atoms with E-state index in [0.29, 0.717) is 39.0 Å². The molecule has 26 heavy (non-hydrogen) atoms. The lowest BCUT2D eigenvalue weighted by Gasteiger charge is -2.13. The van der Waals surface area contributed by atoms with E-state index in [1.165, 1.54) is 0 Å². The fraction of sp³-hybridized carbons (Fsp3) is 0.111. The number of rotatable bonds is 6. The molecular formula is C18H16Cl2N4O2. The summed E-state index contributed by atoms with van der Waals surface area (Å²) in [5, 5.41) is 7.33. The average molecular weight is 391 g/mol. The van der Waals surface area contributed by atoms with Gasteiger partial charge in [0.25, 0.3) is 0 Å². The maximum absolute atomic E-state index is 6.01. The molecule has 0 saturated heterocycles. The van der Waals surface area contributed by atoms with Crippen LogP contribution >= 0.6 is 23.2 Å². The van der Waals surface area contributed by atoms with Gasteiger partial charge in [0, 0.05) is 28.0 Å². The molecule has 6 nitrogen and oxygen atoms in total. The molecule has 3 aromatic rings. The van der Waals surface area contributed by atoms with Crippen molar-refractivity contribution in [3.63, 3.8) is 0 Å². The van der Waals surface area contributed by atoms with Gasteiger partial charge in [-0.25, -0.2) is 4.98 Å². The maximum atomic E-state index is 6.01. The topological polar surface area (TPSA) is 68.3 Å². The third-order valence-electron chi connectivity index (χ3n) is 3.45. The molecule has 3 rings (SSSR count). The molecule has 0 unspecified atom stereocenters. The number of ether oxygens (including phenoxy) is 2. The smallest absolute Gasteiger partial charge is 0.229 e. The van der Waals surface area contributed by atoms with Gasteiger partial charge in [0.15, 0.2) is 0 Å². The van der Waals surface area contributed by atoms with Crippen LogP contribution < -0.4 is 20.1 Å². The fourth-order valence-electron chi connectivity index (χ4n) is 2.28. The Morgan fingerprint density at radius 3 is 2.35 bits per heavy atom. The van der Waals surface area contributed by atoms with Gasteiger partial charge in [-0.15, -0.1) is 0 Å². The van der Waals surface area contributed by atoms with Crippen molar-refractivity contribution in [3.05, 3.63) is 58.7 Å². The first-order valence-corrected chi connectivity index (χ1v) is 8.38. The molecule has 0 aliphatic carbocycles. The van der Waals surface area contributed by atoms with Gasteiger partial charge in [-0.3, -0.25) is 0 Å². The number of hydrogen-bond donors (Lipinski definition) is 2. The Bertz CT molecular complexity index is 901. The SMILES string of the molecule is COc1ccc(Nc2ccnc(Nc3cc(Cl)cc(Cl)c3)n2)c(OC)c1. The molecule has 0 radical (unpaired) electrons. The predicted octanol–water partition coefficient (Wildman–Crippen LogP) is 5.29. The van der Waals surface area contributed by atoms with Crippen molar-refractivity contribution in [3.8, 4) is 11.5 Å². The highest BCUT2D eigenvalue weighted by molar-refractivity contribution is 6.35. The number of nitrogens with one attached hydrogen (secondary N) is 2. The molecule has 134 valence electrons. The Balaban J connectivity index is 1.81. The van der Waals surface area contributed by atoms with E-state index in [1.54, 1.807) is 50.7 Å². The molecular weight excluding hydrogens is 375 g/mol. The number of hydrogen-bond acceptors (Lipinski definition) is 6. The standard InChI is InChI=1S/C18H16Cl2N4O2/c1-25-14-3-4-15(16(10-14)26-2)23-17-5-6-21-18(24-17)22-13-8-11(19)7-12(20)9-13/h3-10H,1-2H3,(H2,21,22,23,24). The average Bonchev–Trinajstić information content (AvgIpc) is 2.61. The molecule has 0 atom stereocenters. The third-order valence-corrected chi connectivity index (χ3v) is 3.88. The molecule has 1 heterocycles. The van der Waals surface area contributed by atoms with Crippen LogP contribution in [-0.4, -0.2) is 24.2 Å². The maximum Gasteiger partial charge on any atom is 0.229 e. The quantitative estimate of drug-likeness (QED) is 0.595. The van der Waals surface area contributed by atoms with Crippen molar-refractivity contribution in [1.29, 1.82) is 0 Å². The zero-order chi connectivity index (χ0) is 18.5. The van der Waals surface area contributed by atoms with Crippen LogP contribution in [0.5, 0.6) is 11.5 Å². The Kier molecular flexibility index (Phi) is 5.65. The van der Waals surface area contributed by atoms with E-state index >= 15 is 0 Å². The zero-order valence-corrected chi connectivity index (χ0v) is 15.6. The Labute approximate surface area is 161 Å². The molecule has 2 N–H and O–H groups in total. The number of halogens is 2. The molecule has 0 amide bonds. The van der Waals surface area contributed by atoms with E-state index in [0.717, 1.165) is 5.69 Å². The molecule has 0 aliphatic heterocycles. The van der Waals surface area contributed by atoms with Crippen LogP contribution in [0.4, 0.5) is 23.1 Å². The van der Waals surface area contributed by atoms with Crippen molar-refractivity contribution < 1.29 is 9.47 Å². The Morgan fingerprint density at radius 2 is 1.65 bits per heavy atom. The second kappa shape index (κ2) is 8.12.